The van der Waals surface area contributed by atoms with Crippen molar-refractivity contribution in [2.45, 2.75) is 26.4 Å². The third-order valence-electron chi connectivity index (χ3n) is 2.54. The lowest BCUT2D eigenvalue weighted by atomic mass is 10.2. The van der Waals surface area contributed by atoms with Gasteiger partial charge in [-0.1, -0.05) is 12.1 Å². The first kappa shape index (κ1) is 14.5. The molecule has 0 N–H and O–H groups in total. The molecule has 1 aromatic carbocycles. The molecule has 0 fully saturated rings. The van der Waals surface area contributed by atoms with E-state index in [9.17, 15) is 14.9 Å². The van der Waals surface area contributed by atoms with Crippen molar-refractivity contribution in [3.8, 4) is 0 Å². The predicted octanol–water partition coefficient (Wildman–Crippen LogP) is 4.10. The van der Waals surface area contributed by atoms with Gasteiger partial charge in [0, 0.05) is 22.1 Å². The number of nitro groups is 1. The van der Waals surface area contributed by atoms with Crippen molar-refractivity contribution in [2.75, 3.05) is 0 Å². The van der Waals surface area contributed by atoms with Crippen LogP contribution in [0.25, 0.3) is 10.9 Å². The molecule has 1 heterocycles. The molecule has 0 bridgehead atoms. The van der Waals surface area contributed by atoms with Gasteiger partial charge in [0.15, 0.2) is 0 Å². The Labute approximate surface area is 123 Å². The van der Waals surface area contributed by atoms with Crippen LogP contribution in [-0.2, 0) is 4.74 Å². The Hall–Kier alpha value is -1.89. The summed E-state index contributed by atoms with van der Waals surface area (Å²) < 4.78 is 7.02. The molecule has 0 amide bonds. The maximum absolute atomic E-state index is 12.2. The second kappa shape index (κ2) is 4.90. The zero-order valence-corrected chi connectivity index (χ0v) is 12.8. The van der Waals surface area contributed by atoms with Gasteiger partial charge >= 0.3 is 6.09 Å². The highest BCUT2D eigenvalue weighted by molar-refractivity contribution is 9.10. The number of hydrogen-bond donors (Lipinski definition) is 0. The molecule has 0 aliphatic carbocycles. The van der Waals surface area contributed by atoms with Crippen LogP contribution in [-0.4, -0.2) is 21.2 Å². The highest BCUT2D eigenvalue weighted by Gasteiger charge is 2.24. The van der Waals surface area contributed by atoms with Gasteiger partial charge in [-0.2, -0.15) is 0 Å². The third-order valence-corrected chi connectivity index (χ3v) is 3.17. The summed E-state index contributed by atoms with van der Waals surface area (Å²) in [7, 11) is 0. The van der Waals surface area contributed by atoms with Crippen molar-refractivity contribution in [3.63, 3.8) is 0 Å². The number of ether oxygens (including phenoxy) is 1. The van der Waals surface area contributed by atoms with Crippen LogP contribution < -0.4 is 0 Å². The Morgan fingerprint density at radius 1 is 1.40 bits per heavy atom. The number of rotatable bonds is 1. The number of aromatic nitrogens is 1. The van der Waals surface area contributed by atoms with Crippen LogP contribution in [0.1, 0.15) is 20.8 Å². The van der Waals surface area contributed by atoms with Crippen LogP contribution in [0.2, 0.25) is 0 Å². The number of benzene rings is 1. The third kappa shape index (κ3) is 2.67. The molecule has 0 aliphatic rings. The van der Waals surface area contributed by atoms with Crippen molar-refractivity contribution in [1.29, 1.82) is 0 Å². The number of hydrogen-bond acceptors (Lipinski definition) is 4. The zero-order valence-electron chi connectivity index (χ0n) is 11.2. The van der Waals surface area contributed by atoms with Gasteiger partial charge in [-0.3, -0.25) is 10.1 Å². The highest BCUT2D eigenvalue weighted by Crippen LogP contribution is 2.33. The van der Waals surface area contributed by atoms with E-state index in [1.807, 2.05) is 0 Å². The normalized spacial score (nSPS) is 11.6. The molecule has 2 aromatic rings. The number of nitrogens with zero attached hydrogens (tertiary/aromatic N) is 2. The molecular formula is C13H13BrN2O4. The van der Waals surface area contributed by atoms with E-state index in [-0.39, 0.29) is 11.2 Å². The summed E-state index contributed by atoms with van der Waals surface area (Å²) in [4.78, 5) is 22.8. The number of carbonyl (C=O) groups excluding carboxylic acids is 1. The van der Waals surface area contributed by atoms with Crippen LogP contribution in [0, 0.1) is 10.1 Å². The fourth-order valence-electron chi connectivity index (χ4n) is 1.83. The molecule has 0 saturated carbocycles. The van der Waals surface area contributed by atoms with Crippen molar-refractivity contribution >= 4 is 38.6 Å². The van der Waals surface area contributed by atoms with E-state index in [4.69, 9.17) is 4.74 Å². The molecule has 0 atom stereocenters. The van der Waals surface area contributed by atoms with E-state index in [0.717, 1.165) is 4.57 Å². The standard InChI is InChI=1S/C13H13BrN2O4/c1-13(2,3)20-12(17)15-7-9(14)8-5-4-6-10(11(8)15)16(18)19/h4-7H,1-3H3. The number of non-ortho nitro benzene ring substituents is 1. The van der Waals surface area contributed by atoms with Gasteiger partial charge in [0.2, 0.25) is 0 Å². The van der Waals surface area contributed by atoms with Crippen LogP contribution in [0.3, 0.4) is 0 Å². The number of para-hydroxylation sites is 1. The largest absolute Gasteiger partial charge is 0.443 e. The van der Waals surface area contributed by atoms with E-state index >= 15 is 0 Å². The summed E-state index contributed by atoms with van der Waals surface area (Å²) in [5, 5.41) is 11.7. The summed E-state index contributed by atoms with van der Waals surface area (Å²) in [6.45, 7) is 5.21. The van der Waals surface area contributed by atoms with Crippen molar-refractivity contribution in [3.05, 3.63) is 39.0 Å². The Kier molecular flexibility index (Phi) is 3.56. The average molecular weight is 341 g/mol. The summed E-state index contributed by atoms with van der Waals surface area (Å²) in [6, 6.07) is 4.63. The Bertz CT molecular complexity index is 700. The minimum atomic E-state index is -0.677. The smallest absolute Gasteiger partial charge is 0.419 e. The van der Waals surface area contributed by atoms with Crippen LogP contribution >= 0.6 is 15.9 Å². The van der Waals surface area contributed by atoms with Crippen molar-refractivity contribution < 1.29 is 14.5 Å². The predicted molar refractivity (Wildman–Crippen MR) is 77.9 cm³/mol. The first-order chi connectivity index (χ1) is 9.20. The van der Waals surface area contributed by atoms with Gasteiger partial charge in [0.05, 0.1) is 4.92 Å². The molecule has 2 rings (SSSR count). The molecule has 20 heavy (non-hydrogen) atoms. The average Bonchev–Trinajstić information content (AvgIpc) is 2.65. The Morgan fingerprint density at radius 2 is 2.05 bits per heavy atom. The van der Waals surface area contributed by atoms with Gasteiger partial charge in [-0.25, -0.2) is 9.36 Å². The maximum atomic E-state index is 12.2. The van der Waals surface area contributed by atoms with E-state index in [0.29, 0.717) is 9.86 Å². The Morgan fingerprint density at radius 3 is 2.60 bits per heavy atom. The van der Waals surface area contributed by atoms with Gasteiger partial charge < -0.3 is 4.74 Å². The lowest BCUT2D eigenvalue weighted by Gasteiger charge is -2.19. The van der Waals surface area contributed by atoms with Crippen LogP contribution in [0.5, 0.6) is 0 Å². The molecule has 1 aromatic heterocycles. The first-order valence-corrected chi connectivity index (χ1v) is 6.67. The molecule has 6 nitrogen and oxygen atoms in total. The fraction of sp³-hybridized carbons (Fsp3) is 0.308. The molecule has 0 saturated heterocycles. The summed E-state index contributed by atoms with van der Waals surface area (Å²) in [5.41, 5.74) is -0.596. The lowest BCUT2D eigenvalue weighted by Crippen LogP contribution is -2.26. The van der Waals surface area contributed by atoms with Crippen molar-refractivity contribution in [2.24, 2.45) is 0 Å². The molecule has 106 valence electrons. The molecule has 0 aliphatic heterocycles. The molecule has 7 heteroatoms. The van der Waals surface area contributed by atoms with E-state index in [1.165, 1.54) is 12.3 Å². The number of nitro benzene ring substituents is 1. The molecule has 0 unspecified atom stereocenters. The number of fused-ring (bicyclic) bond motifs is 1. The van der Waals surface area contributed by atoms with E-state index < -0.39 is 16.6 Å². The molecular weight excluding hydrogens is 328 g/mol. The Balaban J connectivity index is 2.65. The quantitative estimate of drug-likeness (QED) is 0.578. The van der Waals surface area contributed by atoms with E-state index in [2.05, 4.69) is 15.9 Å². The second-order valence-electron chi connectivity index (χ2n) is 5.26. The van der Waals surface area contributed by atoms with Crippen LogP contribution in [0.4, 0.5) is 10.5 Å². The minimum Gasteiger partial charge on any atom is -0.443 e. The first-order valence-electron chi connectivity index (χ1n) is 5.88. The highest BCUT2D eigenvalue weighted by atomic mass is 79.9. The fourth-order valence-corrected chi connectivity index (χ4v) is 2.35. The summed E-state index contributed by atoms with van der Waals surface area (Å²) in [6.07, 6.45) is 0.827. The number of halogens is 1. The van der Waals surface area contributed by atoms with Gasteiger partial charge in [0.1, 0.15) is 11.1 Å². The topological polar surface area (TPSA) is 74.4 Å². The molecule has 0 spiro atoms. The van der Waals surface area contributed by atoms with Gasteiger partial charge in [-0.15, -0.1) is 0 Å². The van der Waals surface area contributed by atoms with Crippen LogP contribution in [0.15, 0.2) is 28.9 Å². The monoisotopic (exact) mass is 340 g/mol. The molecule has 0 radical (unpaired) electrons. The second-order valence-corrected chi connectivity index (χ2v) is 6.11. The lowest BCUT2D eigenvalue weighted by molar-refractivity contribution is -0.383. The van der Waals surface area contributed by atoms with Gasteiger partial charge in [-0.05, 0) is 36.7 Å². The van der Waals surface area contributed by atoms with E-state index in [1.54, 1.807) is 32.9 Å². The summed E-state index contributed by atoms with van der Waals surface area (Å²) >= 11 is 3.30. The van der Waals surface area contributed by atoms with Gasteiger partial charge in [0.25, 0.3) is 5.69 Å². The number of carbonyl (C=O) groups is 1. The summed E-state index contributed by atoms with van der Waals surface area (Å²) in [5.74, 6) is 0. The minimum absolute atomic E-state index is 0.140. The zero-order chi connectivity index (χ0) is 15.1. The van der Waals surface area contributed by atoms with Crippen molar-refractivity contribution in [1.82, 2.24) is 4.57 Å². The SMILES string of the molecule is CC(C)(C)OC(=O)n1cc(Br)c2cccc([N+](=O)[O-])c21. The maximum Gasteiger partial charge on any atom is 0.419 e.